The van der Waals surface area contributed by atoms with E-state index in [1.165, 1.54) is 38.9 Å². The molecule has 3 nitrogen and oxygen atoms in total. The second-order valence-electron chi connectivity index (χ2n) is 6.98. The highest BCUT2D eigenvalue weighted by Gasteiger charge is 2.40. The summed E-state index contributed by atoms with van der Waals surface area (Å²) in [6, 6.07) is 1.14. The molecule has 0 radical (unpaired) electrons. The van der Waals surface area contributed by atoms with Gasteiger partial charge in [-0.05, 0) is 51.2 Å². The molecular formula is C14H29N3. The molecule has 3 unspecified atom stereocenters. The molecule has 2 aliphatic rings. The molecule has 0 spiro atoms. The van der Waals surface area contributed by atoms with E-state index in [9.17, 15) is 0 Å². The average Bonchev–Trinajstić information content (AvgIpc) is 2.79. The predicted molar refractivity (Wildman–Crippen MR) is 73.0 cm³/mol. The Kier molecular flexibility index (Phi) is 3.81. The minimum Gasteiger partial charge on any atom is -0.327 e. The molecule has 3 atom stereocenters. The lowest BCUT2D eigenvalue weighted by Crippen LogP contribution is -2.42. The summed E-state index contributed by atoms with van der Waals surface area (Å²) in [6.07, 6.45) is 3.93. The molecule has 1 aliphatic heterocycles. The SMILES string of the molecule is CN(C)C1CCN(CC2CCC(C)(C)C2N)C1. The van der Waals surface area contributed by atoms with Gasteiger partial charge < -0.3 is 15.5 Å². The molecule has 1 saturated heterocycles. The first kappa shape index (κ1) is 13.3. The van der Waals surface area contributed by atoms with Gasteiger partial charge in [0.1, 0.15) is 0 Å². The third-order valence-electron chi connectivity index (χ3n) is 5.04. The van der Waals surface area contributed by atoms with E-state index >= 15 is 0 Å². The molecule has 0 bridgehead atoms. The van der Waals surface area contributed by atoms with Crippen LogP contribution in [0.15, 0.2) is 0 Å². The Morgan fingerprint density at radius 2 is 2.00 bits per heavy atom. The largest absolute Gasteiger partial charge is 0.327 e. The lowest BCUT2D eigenvalue weighted by Gasteiger charge is -2.29. The van der Waals surface area contributed by atoms with Gasteiger partial charge in [0.25, 0.3) is 0 Å². The lowest BCUT2D eigenvalue weighted by atomic mass is 9.85. The molecule has 100 valence electrons. The van der Waals surface area contributed by atoms with Crippen molar-refractivity contribution in [3.05, 3.63) is 0 Å². The molecule has 0 amide bonds. The first-order valence-electron chi connectivity index (χ1n) is 7.04. The molecule has 2 rings (SSSR count). The van der Waals surface area contributed by atoms with Crippen LogP contribution in [-0.2, 0) is 0 Å². The number of likely N-dealkylation sites (tertiary alicyclic amines) is 1. The summed E-state index contributed by atoms with van der Waals surface area (Å²) >= 11 is 0. The minimum absolute atomic E-state index is 0.353. The van der Waals surface area contributed by atoms with Gasteiger partial charge in [0.15, 0.2) is 0 Å². The first-order chi connectivity index (χ1) is 7.90. The summed E-state index contributed by atoms with van der Waals surface area (Å²) in [6.45, 7) is 8.35. The topological polar surface area (TPSA) is 32.5 Å². The van der Waals surface area contributed by atoms with Gasteiger partial charge >= 0.3 is 0 Å². The van der Waals surface area contributed by atoms with Crippen LogP contribution in [0.3, 0.4) is 0 Å². The molecule has 0 aromatic heterocycles. The highest BCUT2D eigenvalue weighted by atomic mass is 15.2. The van der Waals surface area contributed by atoms with E-state index in [2.05, 4.69) is 37.7 Å². The summed E-state index contributed by atoms with van der Waals surface area (Å²) in [7, 11) is 4.39. The maximum atomic E-state index is 6.39. The van der Waals surface area contributed by atoms with Crippen LogP contribution >= 0.6 is 0 Å². The quantitative estimate of drug-likeness (QED) is 0.808. The number of nitrogens with zero attached hydrogens (tertiary/aromatic N) is 2. The van der Waals surface area contributed by atoms with Gasteiger partial charge in [0, 0.05) is 25.2 Å². The van der Waals surface area contributed by atoms with Crippen molar-refractivity contribution in [1.82, 2.24) is 9.80 Å². The Balaban J connectivity index is 1.83. The zero-order chi connectivity index (χ0) is 12.6. The Morgan fingerprint density at radius 3 is 2.47 bits per heavy atom. The zero-order valence-electron chi connectivity index (χ0n) is 11.9. The Morgan fingerprint density at radius 1 is 1.29 bits per heavy atom. The molecule has 1 aliphatic carbocycles. The van der Waals surface area contributed by atoms with E-state index in [-0.39, 0.29) is 0 Å². The van der Waals surface area contributed by atoms with Crippen molar-refractivity contribution < 1.29 is 0 Å². The molecule has 2 N–H and O–H groups in total. The van der Waals surface area contributed by atoms with Crippen molar-refractivity contribution in [2.24, 2.45) is 17.1 Å². The maximum absolute atomic E-state index is 6.39. The third-order valence-corrected chi connectivity index (χ3v) is 5.04. The van der Waals surface area contributed by atoms with Crippen LogP contribution in [0.4, 0.5) is 0 Å². The van der Waals surface area contributed by atoms with Crippen LogP contribution < -0.4 is 5.73 Å². The van der Waals surface area contributed by atoms with Crippen molar-refractivity contribution in [3.63, 3.8) is 0 Å². The van der Waals surface area contributed by atoms with Gasteiger partial charge in [-0.1, -0.05) is 13.8 Å². The van der Waals surface area contributed by atoms with E-state index in [1.54, 1.807) is 0 Å². The number of rotatable bonds is 3. The number of hydrogen-bond donors (Lipinski definition) is 1. The monoisotopic (exact) mass is 239 g/mol. The van der Waals surface area contributed by atoms with Crippen LogP contribution in [0, 0.1) is 11.3 Å². The van der Waals surface area contributed by atoms with Crippen LogP contribution in [-0.4, -0.2) is 55.6 Å². The molecule has 0 aromatic carbocycles. The van der Waals surface area contributed by atoms with Crippen LogP contribution in [0.2, 0.25) is 0 Å². The average molecular weight is 239 g/mol. The summed E-state index contributed by atoms with van der Waals surface area (Å²) in [5, 5.41) is 0. The van der Waals surface area contributed by atoms with E-state index in [0.29, 0.717) is 17.4 Å². The van der Waals surface area contributed by atoms with Crippen LogP contribution in [0.1, 0.15) is 33.1 Å². The molecule has 0 aromatic rings. The predicted octanol–water partition coefficient (Wildman–Crippen LogP) is 1.39. The highest BCUT2D eigenvalue weighted by Crippen LogP contribution is 2.40. The molecular weight excluding hydrogens is 210 g/mol. The summed E-state index contributed by atoms with van der Waals surface area (Å²) < 4.78 is 0. The smallest absolute Gasteiger partial charge is 0.0229 e. The van der Waals surface area contributed by atoms with E-state index < -0.39 is 0 Å². The summed E-state index contributed by atoms with van der Waals surface area (Å²) in [5.74, 6) is 0.714. The van der Waals surface area contributed by atoms with Crippen molar-refractivity contribution in [2.75, 3.05) is 33.7 Å². The lowest BCUT2D eigenvalue weighted by molar-refractivity contribution is 0.217. The van der Waals surface area contributed by atoms with E-state index in [1.807, 2.05) is 0 Å². The Bertz CT molecular complexity index is 262. The molecule has 1 heterocycles. The second kappa shape index (κ2) is 4.87. The molecule has 3 heteroatoms. The van der Waals surface area contributed by atoms with Gasteiger partial charge in [-0.15, -0.1) is 0 Å². The third kappa shape index (κ3) is 2.83. The highest BCUT2D eigenvalue weighted by molar-refractivity contribution is 4.96. The summed E-state index contributed by atoms with van der Waals surface area (Å²) in [4.78, 5) is 4.98. The van der Waals surface area contributed by atoms with Crippen LogP contribution in [0.5, 0.6) is 0 Å². The normalized spacial score (nSPS) is 38.1. The van der Waals surface area contributed by atoms with Crippen molar-refractivity contribution in [1.29, 1.82) is 0 Å². The molecule has 17 heavy (non-hydrogen) atoms. The molecule has 1 saturated carbocycles. The van der Waals surface area contributed by atoms with Gasteiger partial charge in [-0.25, -0.2) is 0 Å². The fourth-order valence-electron chi connectivity index (χ4n) is 3.48. The van der Waals surface area contributed by atoms with E-state index in [4.69, 9.17) is 5.73 Å². The van der Waals surface area contributed by atoms with E-state index in [0.717, 1.165) is 6.04 Å². The van der Waals surface area contributed by atoms with Gasteiger partial charge in [0.05, 0.1) is 0 Å². The Labute approximate surface area is 106 Å². The number of hydrogen-bond acceptors (Lipinski definition) is 3. The van der Waals surface area contributed by atoms with Crippen molar-refractivity contribution in [2.45, 2.75) is 45.2 Å². The second-order valence-corrected chi connectivity index (χ2v) is 6.98. The number of nitrogens with two attached hydrogens (primary N) is 1. The zero-order valence-corrected chi connectivity index (χ0v) is 11.9. The van der Waals surface area contributed by atoms with Gasteiger partial charge in [0.2, 0.25) is 0 Å². The van der Waals surface area contributed by atoms with Crippen LogP contribution in [0.25, 0.3) is 0 Å². The molecule has 2 fully saturated rings. The van der Waals surface area contributed by atoms with Crippen molar-refractivity contribution >= 4 is 0 Å². The summed E-state index contributed by atoms with van der Waals surface area (Å²) in [5.41, 5.74) is 6.74. The first-order valence-corrected chi connectivity index (χ1v) is 7.04. The maximum Gasteiger partial charge on any atom is 0.0229 e. The standard InChI is InChI=1S/C14H29N3/c1-14(2)7-5-11(13(14)15)9-17-8-6-12(10-17)16(3)4/h11-13H,5-10,15H2,1-4H3. The minimum atomic E-state index is 0.353. The van der Waals surface area contributed by atoms with Gasteiger partial charge in [-0.3, -0.25) is 0 Å². The Hall–Kier alpha value is -0.120. The van der Waals surface area contributed by atoms with Crippen molar-refractivity contribution in [3.8, 4) is 0 Å². The van der Waals surface area contributed by atoms with Gasteiger partial charge in [-0.2, -0.15) is 0 Å². The fourth-order valence-corrected chi connectivity index (χ4v) is 3.48. The fraction of sp³-hybridized carbons (Fsp3) is 1.00. The number of likely N-dealkylation sites (N-methyl/N-ethyl adjacent to an activating group) is 1.